The van der Waals surface area contributed by atoms with Gasteiger partial charge in [0.2, 0.25) is 11.6 Å². The van der Waals surface area contributed by atoms with Gasteiger partial charge in [0.15, 0.2) is 5.82 Å². The number of carbonyl (C=O) groups excluding carboxylic acids is 5. The van der Waals surface area contributed by atoms with Crippen molar-refractivity contribution in [3.63, 3.8) is 0 Å². The van der Waals surface area contributed by atoms with Crippen molar-refractivity contribution in [2.45, 2.75) is 66.6 Å². The molecule has 22 heteroatoms. The summed E-state index contributed by atoms with van der Waals surface area (Å²) in [7, 11) is 6.57. The summed E-state index contributed by atoms with van der Waals surface area (Å²) in [5, 5.41) is 16.5. The number of nitrogen functional groups attached to an aromatic ring is 1. The monoisotopic (exact) mass is 836 g/mol. The van der Waals surface area contributed by atoms with Gasteiger partial charge in [-0.15, -0.1) is 12.4 Å². The number of carboxylic acids is 1. The fraction of sp³-hybridized carbons (Fsp3) is 0.444. The van der Waals surface area contributed by atoms with E-state index in [0.717, 1.165) is 0 Å². The number of nitrogens with one attached hydrogen (secondary N) is 3. The lowest BCUT2D eigenvalue weighted by Gasteiger charge is -2.19. The van der Waals surface area contributed by atoms with Crippen LogP contribution in [0.4, 0.5) is 32.6 Å². The van der Waals surface area contributed by atoms with Crippen LogP contribution >= 0.6 is 12.4 Å². The second-order valence-electron chi connectivity index (χ2n) is 14.1. The van der Waals surface area contributed by atoms with Gasteiger partial charge in [-0.2, -0.15) is 0 Å². The number of imidazole rings is 2. The SMILES string of the molecule is CCOC(=O)c1nc(N)cn1C.CCOC(=O)c1nc(NC(=O)c2cc(NC(=O)OC(C)(C)C)cn2C)cn1C.Cl.Cn1cc(NC(=O)OC(C)(C)C)cc1C(=O)O. The molecule has 4 rings (SSSR count). The van der Waals surface area contributed by atoms with Crippen molar-refractivity contribution in [2.24, 2.45) is 28.2 Å². The van der Waals surface area contributed by atoms with Crippen LogP contribution < -0.4 is 21.7 Å². The predicted molar refractivity (Wildman–Crippen MR) is 215 cm³/mol. The van der Waals surface area contributed by atoms with Gasteiger partial charge in [-0.05, 0) is 67.5 Å². The molecular formula is C36H53ClN10O11. The molecule has 0 radical (unpaired) electrons. The number of nitrogens with zero attached hydrogens (tertiary/aromatic N) is 6. The minimum atomic E-state index is -1.05. The second-order valence-corrected chi connectivity index (χ2v) is 14.1. The molecule has 6 N–H and O–H groups in total. The van der Waals surface area contributed by atoms with E-state index in [1.807, 2.05) is 0 Å². The summed E-state index contributed by atoms with van der Waals surface area (Å²) in [5.74, 6) is -1.69. The number of nitrogens with two attached hydrogens (primary N) is 1. The first-order valence-electron chi connectivity index (χ1n) is 17.4. The average molecular weight is 837 g/mol. The number of ether oxygens (including phenoxy) is 4. The number of halogens is 1. The maximum atomic E-state index is 12.5. The first kappa shape index (κ1) is 49.5. The lowest BCUT2D eigenvalue weighted by Crippen LogP contribution is -2.27. The molecule has 0 aromatic carbocycles. The van der Waals surface area contributed by atoms with Crippen LogP contribution in [-0.2, 0) is 47.1 Å². The number of hydrogen-bond acceptors (Lipinski definition) is 13. The van der Waals surface area contributed by atoms with Crippen LogP contribution in [0.1, 0.15) is 97.6 Å². The van der Waals surface area contributed by atoms with Crippen LogP contribution in [0.15, 0.2) is 36.9 Å². The second kappa shape index (κ2) is 21.1. The molecule has 4 aromatic heterocycles. The molecule has 0 atom stereocenters. The molecule has 3 amide bonds. The third kappa shape index (κ3) is 15.9. The molecule has 0 aliphatic rings. The zero-order valence-corrected chi connectivity index (χ0v) is 35.4. The lowest BCUT2D eigenvalue weighted by molar-refractivity contribution is 0.0498. The number of hydrogen-bond donors (Lipinski definition) is 5. The Kier molecular flexibility index (Phi) is 18.0. The molecule has 0 aliphatic heterocycles. The van der Waals surface area contributed by atoms with E-state index in [-0.39, 0.29) is 47.9 Å². The molecule has 4 heterocycles. The molecular weight excluding hydrogens is 784 g/mol. The van der Waals surface area contributed by atoms with Crippen LogP contribution in [0.5, 0.6) is 0 Å². The number of esters is 2. The number of carbonyl (C=O) groups is 6. The number of anilines is 4. The summed E-state index contributed by atoms with van der Waals surface area (Å²) in [6.45, 7) is 14.5. The number of aromatic nitrogens is 6. The summed E-state index contributed by atoms with van der Waals surface area (Å²) in [6.07, 6.45) is 4.93. The van der Waals surface area contributed by atoms with E-state index in [1.165, 1.54) is 38.2 Å². The van der Waals surface area contributed by atoms with Crippen molar-refractivity contribution in [1.82, 2.24) is 28.2 Å². The van der Waals surface area contributed by atoms with Gasteiger partial charge in [0.25, 0.3) is 5.91 Å². The number of carboxylic acid groups (broad SMARTS) is 1. The third-order valence-electron chi connectivity index (χ3n) is 6.68. The molecule has 320 valence electrons. The highest BCUT2D eigenvalue weighted by Gasteiger charge is 2.21. The van der Waals surface area contributed by atoms with Crippen molar-refractivity contribution in [3.05, 3.63) is 60.0 Å². The summed E-state index contributed by atoms with van der Waals surface area (Å²) in [5.41, 5.74) is 5.33. The number of aromatic carboxylic acids is 1. The van der Waals surface area contributed by atoms with Gasteiger partial charge in [0, 0.05) is 53.0 Å². The number of aryl methyl sites for hydroxylation is 4. The van der Waals surface area contributed by atoms with Crippen molar-refractivity contribution in [3.8, 4) is 0 Å². The van der Waals surface area contributed by atoms with E-state index >= 15 is 0 Å². The van der Waals surface area contributed by atoms with E-state index in [4.69, 9.17) is 29.8 Å². The van der Waals surface area contributed by atoms with E-state index in [1.54, 1.807) is 101 Å². The van der Waals surface area contributed by atoms with Crippen LogP contribution in [0.2, 0.25) is 0 Å². The molecule has 4 aromatic rings. The van der Waals surface area contributed by atoms with Gasteiger partial charge in [0.05, 0.1) is 24.6 Å². The van der Waals surface area contributed by atoms with Crippen LogP contribution in [-0.4, -0.2) is 93.8 Å². The zero-order chi connectivity index (χ0) is 43.4. The van der Waals surface area contributed by atoms with E-state index < -0.39 is 47.2 Å². The Labute approximate surface area is 341 Å². The Bertz CT molecular complexity index is 2070. The quantitative estimate of drug-likeness (QED) is 0.107. The lowest BCUT2D eigenvalue weighted by atomic mass is 10.2. The first-order valence-corrected chi connectivity index (χ1v) is 17.4. The molecule has 0 bridgehead atoms. The fourth-order valence-corrected chi connectivity index (χ4v) is 4.51. The number of amides is 3. The molecule has 0 unspecified atom stereocenters. The smallest absolute Gasteiger partial charge is 0.412 e. The third-order valence-corrected chi connectivity index (χ3v) is 6.68. The van der Waals surface area contributed by atoms with Gasteiger partial charge in [-0.1, -0.05) is 0 Å². The van der Waals surface area contributed by atoms with Gasteiger partial charge >= 0.3 is 30.1 Å². The van der Waals surface area contributed by atoms with Crippen LogP contribution in [0, 0.1) is 0 Å². The largest absolute Gasteiger partial charge is 0.477 e. The Morgan fingerprint density at radius 3 is 1.45 bits per heavy atom. The number of rotatable bonds is 9. The molecule has 0 spiro atoms. The van der Waals surface area contributed by atoms with E-state index in [9.17, 15) is 28.8 Å². The highest BCUT2D eigenvalue weighted by molar-refractivity contribution is 6.04. The summed E-state index contributed by atoms with van der Waals surface area (Å²) >= 11 is 0. The van der Waals surface area contributed by atoms with E-state index in [2.05, 4.69) is 25.9 Å². The normalized spacial score (nSPS) is 10.6. The van der Waals surface area contributed by atoms with Crippen molar-refractivity contribution < 1.29 is 52.8 Å². The summed E-state index contributed by atoms with van der Waals surface area (Å²) in [4.78, 5) is 77.4. The highest BCUT2D eigenvalue weighted by atomic mass is 35.5. The zero-order valence-electron chi connectivity index (χ0n) is 34.6. The Morgan fingerprint density at radius 2 is 1.07 bits per heavy atom. The average Bonchev–Trinajstić information content (AvgIpc) is 3.81. The van der Waals surface area contributed by atoms with Gasteiger partial charge < -0.3 is 53.4 Å². The topological polar surface area (TPSA) is 267 Å². The molecule has 21 nitrogen and oxygen atoms in total. The molecule has 0 aliphatic carbocycles. The van der Waals surface area contributed by atoms with Crippen molar-refractivity contribution >= 4 is 71.4 Å². The molecule has 0 saturated heterocycles. The van der Waals surface area contributed by atoms with Crippen molar-refractivity contribution in [1.29, 1.82) is 0 Å². The summed E-state index contributed by atoms with van der Waals surface area (Å²) < 4.78 is 25.9. The molecule has 0 saturated carbocycles. The maximum absolute atomic E-state index is 12.5. The van der Waals surface area contributed by atoms with Gasteiger partial charge in [0.1, 0.15) is 28.4 Å². The van der Waals surface area contributed by atoms with E-state index in [0.29, 0.717) is 23.8 Å². The summed E-state index contributed by atoms with van der Waals surface area (Å²) in [6, 6.07) is 2.88. The van der Waals surface area contributed by atoms with Gasteiger partial charge in [-0.25, -0.2) is 33.9 Å². The molecule has 58 heavy (non-hydrogen) atoms. The maximum Gasteiger partial charge on any atom is 0.412 e. The highest BCUT2D eigenvalue weighted by Crippen LogP contribution is 2.18. The Morgan fingerprint density at radius 1 is 0.655 bits per heavy atom. The Hall–Kier alpha value is -6.51. The molecule has 0 fully saturated rings. The fourth-order valence-electron chi connectivity index (χ4n) is 4.51. The minimum absolute atomic E-state index is 0. The predicted octanol–water partition coefficient (Wildman–Crippen LogP) is 5.21. The van der Waals surface area contributed by atoms with Crippen LogP contribution in [0.25, 0.3) is 0 Å². The van der Waals surface area contributed by atoms with Gasteiger partial charge in [-0.3, -0.25) is 15.4 Å². The minimum Gasteiger partial charge on any atom is -0.477 e. The Balaban J connectivity index is 0.000000476. The standard InChI is InChI=1S/C18H25N5O5.C11H16N2O4.C7H11N3O2.ClH/c1-7-27-16(25)14-20-13(10-23(14)6)21-15(24)12-8-11(9-22(12)5)19-17(26)28-18(2,3)4;1-11(2,3)17-10(16)12-7-5-8(9(14)15)13(4)6-7;1-3-12-7(11)6-9-5(8)4-10(6)2;/h8-10H,7H2,1-6H3,(H,19,26)(H,21,24);5-6H,1-4H3,(H,12,16)(H,14,15);4H,3,8H2,1-2H3;1H. The van der Waals surface area contributed by atoms with Crippen molar-refractivity contribution in [2.75, 3.05) is 34.9 Å². The first-order chi connectivity index (χ1) is 26.3. The van der Waals surface area contributed by atoms with Crippen LogP contribution in [0.3, 0.4) is 0 Å².